The van der Waals surface area contributed by atoms with Gasteiger partial charge in [-0.1, -0.05) is 6.07 Å². The van der Waals surface area contributed by atoms with Crippen molar-refractivity contribution in [2.75, 3.05) is 12.0 Å². The highest BCUT2D eigenvalue weighted by Gasteiger charge is 2.30. The maximum atomic E-state index is 13.0. The highest BCUT2D eigenvalue weighted by Crippen LogP contribution is 2.30. The first-order chi connectivity index (χ1) is 13.6. The number of carbonyl (C=O) groups excluding carboxylic acids is 2. The van der Waals surface area contributed by atoms with E-state index in [4.69, 9.17) is 4.42 Å². The van der Waals surface area contributed by atoms with Crippen molar-refractivity contribution in [2.45, 2.75) is 38.6 Å². The van der Waals surface area contributed by atoms with Gasteiger partial charge in [-0.3, -0.25) is 14.0 Å². The fourth-order valence-electron chi connectivity index (χ4n) is 3.69. The zero-order valence-corrected chi connectivity index (χ0v) is 16.7. The van der Waals surface area contributed by atoms with Gasteiger partial charge < -0.3 is 9.73 Å². The van der Waals surface area contributed by atoms with E-state index in [1.165, 1.54) is 0 Å². The van der Waals surface area contributed by atoms with Gasteiger partial charge in [-0.05, 0) is 43.9 Å². The lowest BCUT2D eigenvalue weighted by molar-refractivity contribution is 0.0900. The number of amides is 1. The average molecular weight is 398 g/mol. The number of carbonyl (C=O) groups is 2. The molecule has 3 aromatic heterocycles. The van der Waals surface area contributed by atoms with Crippen LogP contribution in [0.15, 0.2) is 28.8 Å². The minimum Gasteiger partial charge on any atom is -0.455 e. The molecule has 1 amide bonds. The second-order valence-electron chi connectivity index (χ2n) is 6.93. The topological polar surface area (TPSA) is 89.5 Å². The lowest BCUT2D eigenvalue weighted by atomic mass is 9.94. The van der Waals surface area contributed by atoms with Crippen molar-refractivity contribution in [3.8, 4) is 0 Å². The van der Waals surface area contributed by atoms with E-state index >= 15 is 0 Å². The van der Waals surface area contributed by atoms with Crippen LogP contribution >= 0.6 is 11.8 Å². The van der Waals surface area contributed by atoms with Gasteiger partial charge in [0.25, 0.3) is 5.91 Å². The molecule has 0 saturated heterocycles. The summed E-state index contributed by atoms with van der Waals surface area (Å²) in [7, 11) is 0. The van der Waals surface area contributed by atoms with E-state index in [0.717, 1.165) is 17.8 Å². The van der Waals surface area contributed by atoms with Crippen LogP contribution in [-0.4, -0.2) is 38.3 Å². The molecule has 0 spiro atoms. The first-order valence-corrected chi connectivity index (χ1v) is 10.7. The zero-order valence-electron chi connectivity index (χ0n) is 15.9. The van der Waals surface area contributed by atoms with E-state index in [0.29, 0.717) is 42.0 Å². The summed E-state index contributed by atoms with van der Waals surface area (Å²) in [6, 6.07) is 5.37. The molecule has 3 heterocycles. The Balaban J connectivity index is 1.64. The normalized spacial score (nSPS) is 14.9. The fourth-order valence-corrected chi connectivity index (χ4v) is 4.16. The summed E-state index contributed by atoms with van der Waals surface area (Å²) in [6.07, 6.45) is 6.59. The van der Waals surface area contributed by atoms with Crippen molar-refractivity contribution < 1.29 is 14.0 Å². The third-order valence-electron chi connectivity index (χ3n) is 5.08. The van der Waals surface area contributed by atoms with Crippen molar-refractivity contribution in [3.63, 3.8) is 0 Å². The van der Waals surface area contributed by atoms with Gasteiger partial charge in [-0.15, -0.1) is 10.2 Å². The Morgan fingerprint density at radius 1 is 1.36 bits per heavy atom. The van der Waals surface area contributed by atoms with Gasteiger partial charge in [0.1, 0.15) is 5.76 Å². The lowest BCUT2D eigenvalue weighted by Gasteiger charge is -2.16. The molecule has 1 aliphatic rings. The van der Waals surface area contributed by atoms with E-state index in [1.54, 1.807) is 18.7 Å². The number of thioether (sulfide) groups is 1. The Kier molecular flexibility index (Phi) is 5.21. The molecule has 0 radical (unpaired) electrons. The number of fused-ring (bicyclic) bond motifs is 2. The number of aromatic nitrogens is 3. The quantitative estimate of drug-likeness (QED) is 0.685. The predicted octanol–water partition coefficient (Wildman–Crippen LogP) is 3.37. The van der Waals surface area contributed by atoms with Gasteiger partial charge in [0.2, 0.25) is 0 Å². The summed E-state index contributed by atoms with van der Waals surface area (Å²) in [5.41, 5.74) is 1.95. The van der Waals surface area contributed by atoms with Crippen molar-refractivity contribution in [1.82, 2.24) is 19.9 Å². The summed E-state index contributed by atoms with van der Waals surface area (Å²) >= 11 is 1.70. The Bertz CT molecular complexity index is 1040. The number of pyridine rings is 1. The number of rotatable bonds is 6. The first-order valence-electron chi connectivity index (χ1n) is 9.35. The monoisotopic (exact) mass is 398 g/mol. The number of furan rings is 1. The molecule has 0 aromatic carbocycles. The van der Waals surface area contributed by atoms with E-state index in [1.807, 2.05) is 35.1 Å². The molecule has 0 aliphatic heterocycles. The Morgan fingerprint density at radius 3 is 3.00 bits per heavy atom. The molecule has 0 bridgehead atoms. The van der Waals surface area contributed by atoms with Crippen molar-refractivity contribution in [3.05, 3.63) is 52.9 Å². The molecular formula is C20H22N4O3S. The minimum atomic E-state index is -0.321. The third kappa shape index (κ3) is 3.32. The van der Waals surface area contributed by atoms with Gasteiger partial charge in [-0.25, -0.2) is 0 Å². The highest BCUT2D eigenvalue weighted by atomic mass is 32.2. The molecular weight excluding hydrogens is 376 g/mol. The molecule has 8 heteroatoms. The van der Waals surface area contributed by atoms with Gasteiger partial charge >= 0.3 is 0 Å². The largest absolute Gasteiger partial charge is 0.455 e. The summed E-state index contributed by atoms with van der Waals surface area (Å²) < 4.78 is 7.68. The Hall–Kier alpha value is -2.61. The summed E-state index contributed by atoms with van der Waals surface area (Å²) in [5.74, 6) is 2.14. The van der Waals surface area contributed by atoms with Crippen LogP contribution in [0.2, 0.25) is 0 Å². The number of ketones is 1. The number of hydrogen-bond donors (Lipinski definition) is 1. The van der Waals surface area contributed by atoms with Gasteiger partial charge in [-0.2, -0.15) is 11.8 Å². The molecule has 28 heavy (non-hydrogen) atoms. The molecule has 7 nitrogen and oxygen atoms in total. The number of nitrogens with one attached hydrogen (secondary N) is 1. The Labute approximate surface area is 166 Å². The van der Waals surface area contributed by atoms with Gasteiger partial charge in [0.05, 0.1) is 11.6 Å². The average Bonchev–Trinajstić information content (AvgIpc) is 3.27. The smallest absolute Gasteiger partial charge is 0.287 e. The van der Waals surface area contributed by atoms with Crippen LogP contribution in [-0.2, 0) is 6.42 Å². The third-order valence-corrected chi connectivity index (χ3v) is 5.72. The number of Topliss-reactive ketones (excluding diaryl/α,β-unsaturated/α-hetero) is 1. The van der Waals surface area contributed by atoms with Crippen molar-refractivity contribution in [2.24, 2.45) is 0 Å². The van der Waals surface area contributed by atoms with Crippen LogP contribution in [0.1, 0.15) is 63.4 Å². The van der Waals surface area contributed by atoms with E-state index < -0.39 is 0 Å². The molecule has 1 unspecified atom stereocenters. The minimum absolute atomic E-state index is 0.0592. The SMILES string of the molecule is CSCCC(NC(=O)c1oc2c(c1C)C(=O)CCC2)c1nnc2ccccn12. The molecule has 1 N–H and O–H groups in total. The summed E-state index contributed by atoms with van der Waals surface area (Å²) in [6.45, 7) is 1.78. The van der Waals surface area contributed by atoms with Crippen molar-refractivity contribution in [1.29, 1.82) is 0 Å². The molecule has 0 saturated carbocycles. The van der Waals surface area contributed by atoms with Crippen LogP contribution in [0.5, 0.6) is 0 Å². The maximum absolute atomic E-state index is 13.0. The molecule has 4 rings (SSSR count). The zero-order chi connectivity index (χ0) is 19.7. The van der Waals surface area contributed by atoms with Gasteiger partial charge in [0, 0.05) is 24.6 Å². The summed E-state index contributed by atoms with van der Waals surface area (Å²) in [4.78, 5) is 25.2. The maximum Gasteiger partial charge on any atom is 0.287 e. The highest BCUT2D eigenvalue weighted by molar-refractivity contribution is 7.98. The van der Waals surface area contributed by atoms with Crippen LogP contribution in [0.25, 0.3) is 5.65 Å². The molecule has 1 atom stereocenters. The van der Waals surface area contributed by atoms with E-state index in [-0.39, 0.29) is 23.5 Å². The number of hydrogen-bond acceptors (Lipinski definition) is 6. The molecule has 1 aliphatic carbocycles. The Morgan fingerprint density at radius 2 is 2.21 bits per heavy atom. The van der Waals surface area contributed by atoms with Crippen LogP contribution in [0.4, 0.5) is 0 Å². The van der Waals surface area contributed by atoms with E-state index in [9.17, 15) is 9.59 Å². The second kappa shape index (κ2) is 7.79. The van der Waals surface area contributed by atoms with Crippen LogP contribution < -0.4 is 5.32 Å². The fraction of sp³-hybridized carbons (Fsp3) is 0.400. The first kappa shape index (κ1) is 18.7. The van der Waals surface area contributed by atoms with E-state index in [2.05, 4.69) is 15.5 Å². The van der Waals surface area contributed by atoms with Crippen LogP contribution in [0.3, 0.4) is 0 Å². The summed E-state index contributed by atoms with van der Waals surface area (Å²) in [5, 5.41) is 11.5. The second-order valence-corrected chi connectivity index (χ2v) is 7.91. The lowest BCUT2D eigenvalue weighted by Crippen LogP contribution is -2.30. The molecule has 0 fully saturated rings. The van der Waals surface area contributed by atoms with Crippen molar-refractivity contribution >= 4 is 29.1 Å². The standard InChI is InChI=1S/C20H22N4O3S/c1-12-17-14(25)6-5-7-15(17)27-18(12)20(26)21-13(9-11-28-2)19-23-22-16-8-3-4-10-24(16)19/h3-4,8,10,13H,5-7,9,11H2,1-2H3,(H,21,26). The van der Waals surface area contributed by atoms with Crippen LogP contribution in [0, 0.1) is 6.92 Å². The van der Waals surface area contributed by atoms with Gasteiger partial charge in [0.15, 0.2) is 23.0 Å². The molecule has 3 aromatic rings. The predicted molar refractivity (Wildman–Crippen MR) is 107 cm³/mol. The number of nitrogens with zero attached hydrogens (tertiary/aromatic N) is 3. The number of aryl methyl sites for hydroxylation is 1. The molecule has 146 valence electrons.